The van der Waals surface area contributed by atoms with Crippen molar-refractivity contribution < 1.29 is 9.53 Å². The molecule has 0 spiro atoms. The number of carbonyl (C=O) groups is 1. The van der Waals surface area contributed by atoms with E-state index in [0.29, 0.717) is 6.54 Å². The summed E-state index contributed by atoms with van der Waals surface area (Å²) >= 11 is 0. The zero-order chi connectivity index (χ0) is 12.3. The lowest BCUT2D eigenvalue weighted by atomic mass is 10.0. The Morgan fingerprint density at radius 1 is 1.53 bits per heavy atom. The third kappa shape index (κ3) is 2.70. The molecule has 0 bridgehead atoms. The number of carbonyl (C=O) groups excluding carboxylic acids is 1. The van der Waals surface area contributed by atoms with Crippen LogP contribution in [0.5, 0.6) is 5.75 Å². The van der Waals surface area contributed by atoms with E-state index in [2.05, 4.69) is 11.4 Å². The van der Waals surface area contributed by atoms with Gasteiger partial charge in [0.1, 0.15) is 5.75 Å². The lowest BCUT2D eigenvalue weighted by Gasteiger charge is -2.20. The van der Waals surface area contributed by atoms with Crippen molar-refractivity contribution >= 4 is 6.03 Å². The van der Waals surface area contributed by atoms with E-state index < -0.39 is 0 Å². The van der Waals surface area contributed by atoms with Gasteiger partial charge in [-0.2, -0.15) is 0 Å². The second kappa shape index (κ2) is 5.08. The maximum atomic E-state index is 11.4. The third-order valence-corrected chi connectivity index (χ3v) is 2.95. The maximum absolute atomic E-state index is 11.4. The summed E-state index contributed by atoms with van der Waals surface area (Å²) in [5.74, 6) is 0.989. The highest BCUT2D eigenvalue weighted by molar-refractivity contribution is 5.73. The lowest BCUT2D eigenvalue weighted by molar-refractivity contribution is 0.209. The highest BCUT2D eigenvalue weighted by Gasteiger charge is 2.12. The number of hydrogen-bond donors (Lipinski definition) is 1. The average molecular weight is 234 g/mol. The first-order valence-corrected chi connectivity index (χ1v) is 5.88. The molecule has 2 amide bonds. The second-order valence-electron chi connectivity index (χ2n) is 4.31. The number of benzene rings is 1. The van der Waals surface area contributed by atoms with Crippen molar-refractivity contribution in [1.29, 1.82) is 0 Å². The Balaban J connectivity index is 2.09. The van der Waals surface area contributed by atoms with E-state index in [1.165, 1.54) is 5.56 Å². The minimum absolute atomic E-state index is 0.0704. The molecule has 0 aromatic heterocycles. The van der Waals surface area contributed by atoms with E-state index in [0.717, 1.165) is 30.8 Å². The minimum Gasteiger partial charge on any atom is -0.493 e. The number of ether oxygens (including phenoxy) is 1. The normalized spacial score (nSPS) is 13.5. The van der Waals surface area contributed by atoms with Crippen LogP contribution in [-0.4, -0.2) is 31.6 Å². The van der Waals surface area contributed by atoms with Gasteiger partial charge in [-0.05, 0) is 30.0 Å². The standard InChI is InChI=1S/C13H18N2O2/c1-14-13(16)15(2)9-10-5-6-12-11(8-10)4-3-7-17-12/h5-6,8H,3-4,7,9H2,1-2H3,(H,14,16). The smallest absolute Gasteiger partial charge is 0.317 e. The monoisotopic (exact) mass is 234 g/mol. The first-order chi connectivity index (χ1) is 8.20. The van der Waals surface area contributed by atoms with Gasteiger partial charge < -0.3 is 15.0 Å². The van der Waals surface area contributed by atoms with E-state index in [1.807, 2.05) is 12.1 Å². The van der Waals surface area contributed by atoms with Crippen molar-refractivity contribution in [1.82, 2.24) is 10.2 Å². The van der Waals surface area contributed by atoms with Gasteiger partial charge in [0.15, 0.2) is 0 Å². The Labute approximate surface area is 102 Å². The molecule has 1 aliphatic rings. The molecule has 0 aliphatic carbocycles. The molecular formula is C13H18N2O2. The third-order valence-electron chi connectivity index (χ3n) is 2.95. The number of aryl methyl sites for hydroxylation is 1. The Bertz CT molecular complexity index is 418. The van der Waals surface area contributed by atoms with Gasteiger partial charge in [0.2, 0.25) is 0 Å². The Kier molecular flexibility index (Phi) is 3.52. The van der Waals surface area contributed by atoms with Gasteiger partial charge in [-0.1, -0.05) is 12.1 Å². The number of fused-ring (bicyclic) bond motifs is 1. The SMILES string of the molecule is CNC(=O)N(C)Cc1ccc2c(c1)CCCO2. The van der Waals surface area contributed by atoms with Crippen LogP contribution >= 0.6 is 0 Å². The quantitative estimate of drug-likeness (QED) is 0.847. The van der Waals surface area contributed by atoms with Crippen molar-refractivity contribution in [2.45, 2.75) is 19.4 Å². The molecule has 0 saturated carbocycles. The fraction of sp³-hybridized carbons (Fsp3) is 0.462. The van der Waals surface area contributed by atoms with Crippen LogP contribution in [0.25, 0.3) is 0 Å². The zero-order valence-electron chi connectivity index (χ0n) is 10.3. The molecule has 1 heterocycles. The number of amides is 2. The predicted molar refractivity (Wildman–Crippen MR) is 66.2 cm³/mol. The van der Waals surface area contributed by atoms with Crippen molar-refractivity contribution in [2.75, 3.05) is 20.7 Å². The first-order valence-electron chi connectivity index (χ1n) is 5.88. The molecule has 2 rings (SSSR count). The fourth-order valence-corrected chi connectivity index (χ4v) is 2.05. The van der Waals surface area contributed by atoms with E-state index in [4.69, 9.17) is 4.74 Å². The Hall–Kier alpha value is -1.71. The van der Waals surface area contributed by atoms with Gasteiger partial charge >= 0.3 is 6.03 Å². The summed E-state index contributed by atoms with van der Waals surface area (Å²) in [6, 6.07) is 6.08. The summed E-state index contributed by atoms with van der Waals surface area (Å²) in [4.78, 5) is 13.1. The summed E-state index contributed by atoms with van der Waals surface area (Å²) in [6.45, 7) is 1.43. The number of nitrogens with zero attached hydrogens (tertiary/aromatic N) is 1. The molecule has 0 atom stereocenters. The van der Waals surface area contributed by atoms with Crippen LogP contribution in [0.1, 0.15) is 17.5 Å². The van der Waals surface area contributed by atoms with Gasteiger partial charge in [-0.25, -0.2) is 4.79 Å². The number of hydrogen-bond acceptors (Lipinski definition) is 2. The van der Waals surface area contributed by atoms with Crippen LogP contribution in [0.3, 0.4) is 0 Å². The van der Waals surface area contributed by atoms with Crippen LogP contribution in [0, 0.1) is 0 Å². The molecule has 4 nitrogen and oxygen atoms in total. The van der Waals surface area contributed by atoms with Crippen LogP contribution in [0.15, 0.2) is 18.2 Å². The van der Waals surface area contributed by atoms with Crippen LogP contribution < -0.4 is 10.1 Å². The molecule has 1 aromatic rings. The summed E-state index contributed by atoms with van der Waals surface area (Å²) in [6.07, 6.45) is 2.13. The zero-order valence-corrected chi connectivity index (χ0v) is 10.3. The molecule has 92 valence electrons. The van der Waals surface area contributed by atoms with E-state index >= 15 is 0 Å². The molecule has 0 radical (unpaired) electrons. The summed E-state index contributed by atoms with van der Waals surface area (Å²) in [5, 5.41) is 2.61. The van der Waals surface area contributed by atoms with Gasteiger partial charge in [0, 0.05) is 20.6 Å². The van der Waals surface area contributed by atoms with Gasteiger partial charge in [0.05, 0.1) is 6.61 Å². The number of urea groups is 1. The molecule has 0 unspecified atom stereocenters. The largest absolute Gasteiger partial charge is 0.493 e. The molecule has 1 aromatic carbocycles. The summed E-state index contributed by atoms with van der Waals surface area (Å²) < 4.78 is 5.56. The van der Waals surface area contributed by atoms with E-state index in [-0.39, 0.29) is 6.03 Å². The van der Waals surface area contributed by atoms with Crippen molar-refractivity contribution in [3.8, 4) is 5.75 Å². The predicted octanol–water partition coefficient (Wildman–Crippen LogP) is 1.78. The highest BCUT2D eigenvalue weighted by Crippen LogP contribution is 2.25. The molecule has 1 N–H and O–H groups in total. The van der Waals surface area contributed by atoms with Gasteiger partial charge in [0.25, 0.3) is 0 Å². The molecule has 0 fully saturated rings. The lowest BCUT2D eigenvalue weighted by Crippen LogP contribution is -2.34. The van der Waals surface area contributed by atoms with Gasteiger partial charge in [-0.15, -0.1) is 0 Å². The number of rotatable bonds is 2. The average Bonchev–Trinajstić information content (AvgIpc) is 2.37. The van der Waals surface area contributed by atoms with Crippen LogP contribution in [-0.2, 0) is 13.0 Å². The minimum atomic E-state index is -0.0704. The highest BCUT2D eigenvalue weighted by atomic mass is 16.5. The van der Waals surface area contributed by atoms with Crippen molar-refractivity contribution in [2.24, 2.45) is 0 Å². The molecule has 4 heteroatoms. The first kappa shape index (κ1) is 11.8. The Morgan fingerprint density at radius 2 is 2.35 bits per heavy atom. The van der Waals surface area contributed by atoms with Crippen LogP contribution in [0.4, 0.5) is 4.79 Å². The number of nitrogens with one attached hydrogen (secondary N) is 1. The van der Waals surface area contributed by atoms with E-state index in [1.54, 1.807) is 19.0 Å². The molecule has 1 aliphatic heterocycles. The maximum Gasteiger partial charge on any atom is 0.317 e. The van der Waals surface area contributed by atoms with Crippen LogP contribution in [0.2, 0.25) is 0 Å². The second-order valence-corrected chi connectivity index (χ2v) is 4.31. The van der Waals surface area contributed by atoms with Gasteiger partial charge in [-0.3, -0.25) is 0 Å². The molecule has 0 saturated heterocycles. The summed E-state index contributed by atoms with van der Waals surface area (Å²) in [5.41, 5.74) is 2.39. The topological polar surface area (TPSA) is 41.6 Å². The Morgan fingerprint density at radius 3 is 3.12 bits per heavy atom. The molecule has 17 heavy (non-hydrogen) atoms. The van der Waals surface area contributed by atoms with Crippen molar-refractivity contribution in [3.63, 3.8) is 0 Å². The summed E-state index contributed by atoms with van der Waals surface area (Å²) in [7, 11) is 3.42. The van der Waals surface area contributed by atoms with Crippen molar-refractivity contribution in [3.05, 3.63) is 29.3 Å². The fourth-order valence-electron chi connectivity index (χ4n) is 2.05. The van der Waals surface area contributed by atoms with E-state index in [9.17, 15) is 4.79 Å². The molecular weight excluding hydrogens is 216 g/mol.